The SMILES string of the molecule is Cc1c(C(F)(F)F)cncc1C(F)(F)F. The molecular weight excluding hydrogens is 224 g/mol. The van der Waals surface area contributed by atoms with Gasteiger partial charge in [0.15, 0.2) is 0 Å². The van der Waals surface area contributed by atoms with Gasteiger partial charge in [-0.15, -0.1) is 0 Å². The predicted molar refractivity (Wildman–Crippen MR) is 39.0 cm³/mol. The molecule has 1 aromatic rings. The molecule has 1 heterocycles. The standard InChI is InChI=1S/C8H5F6N/c1-4-5(7(9,10)11)2-15-3-6(4)8(12,13)14/h2-3H,1H3. The van der Waals surface area contributed by atoms with E-state index in [4.69, 9.17) is 0 Å². The third kappa shape index (κ3) is 2.40. The highest BCUT2D eigenvalue weighted by molar-refractivity contribution is 5.34. The van der Waals surface area contributed by atoms with Gasteiger partial charge < -0.3 is 0 Å². The summed E-state index contributed by atoms with van der Waals surface area (Å²) in [5, 5.41) is 0. The lowest BCUT2D eigenvalue weighted by molar-refractivity contribution is -0.144. The van der Waals surface area contributed by atoms with E-state index < -0.39 is 29.0 Å². The van der Waals surface area contributed by atoms with E-state index in [1.54, 1.807) is 0 Å². The van der Waals surface area contributed by atoms with Crippen LogP contribution in [0, 0.1) is 6.92 Å². The topological polar surface area (TPSA) is 12.9 Å². The molecule has 1 rings (SSSR count). The molecule has 0 bridgehead atoms. The van der Waals surface area contributed by atoms with Crippen molar-refractivity contribution in [2.75, 3.05) is 0 Å². The van der Waals surface area contributed by atoms with Crippen LogP contribution >= 0.6 is 0 Å². The summed E-state index contributed by atoms with van der Waals surface area (Å²) in [6.07, 6.45) is -8.88. The smallest absolute Gasteiger partial charge is 0.263 e. The summed E-state index contributed by atoms with van der Waals surface area (Å²) in [6, 6.07) is 0. The number of aromatic nitrogens is 1. The van der Waals surface area contributed by atoms with Gasteiger partial charge in [0.05, 0.1) is 11.1 Å². The van der Waals surface area contributed by atoms with E-state index in [0.717, 1.165) is 6.92 Å². The number of nitrogens with zero attached hydrogens (tertiary/aromatic N) is 1. The van der Waals surface area contributed by atoms with Crippen LogP contribution in [-0.4, -0.2) is 4.98 Å². The fraction of sp³-hybridized carbons (Fsp3) is 0.375. The van der Waals surface area contributed by atoms with Crippen molar-refractivity contribution in [3.8, 4) is 0 Å². The van der Waals surface area contributed by atoms with E-state index in [1.807, 2.05) is 0 Å². The first-order chi connectivity index (χ1) is 6.64. The van der Waals surface area contributed by atoms with Crippen LogP contribution in [0.2, 0.25) is 0 Å². The quantitative estimate of drug-likeness (QED) is 0.621. The highest BCUT2D eigenvalue weighted by Gasteiger charge is 2.39. The zero-order valence-corrected chi connectivity index (χ0v) is 7.37. The minimum atomic E-state index is -4.82. The fourth-order valence-corrected chi connectivity index (χ4v) is 1.10. The Balaban J connectivity index is 3.37. The van der Waals surface area contributed by atoms with Gasteiger partial charge in [-0.25, -0.2) is 0 Å². The number of rotatable bonds is 0. The highest BCUT2D eigenvalue weighted by Crippen LogP contribution is 2.37. The molecule has 0 fully saturated rings. The van der Waals surface area contributed by atoms with Gasteiger partial charge in [-0.05, 0) is 12.5 Å². The molecule has 0 amide bonds. The molecule has 7 heteroatoms. The van der Waals surface area contributed by atoms with E-state index >= 15 is 0 Å². The van der Waals surface area contributed by atoms with Crippen LogP contribution in [-0.2, 0) is 12.4 Å². The van der Waals surface area contributed by atoms with Gasteiger partial charge in [-0.3, -0.25) is 4.98 Å². The largest absolute Gasteiger partial charge is 0.418 e. The lowest BCUT2D eigenvalue weighted by Crippen LogP contribution is -2.15. The third-order valence-corrected chi connectivity index (χ3v) is 1.83. The van der Waals surface area contributed by atoms with Gasteiger partial charge >= 0.3 is 12.4 Å². The average Bonchev–Trinajstić information content (AvgIpc) is 1.99. The molecule has 15 heavy (non-hydrogen) atoms. The van der Waals surface area contributed by atoms with Crippen LogP contribution in [0.25, 0.3) is 0 Å². The maximum Gasteiger partial charge on any atom is 0.418 e. The second kappa shape index (κ2) is 3.39. The van der Waals surface area contributed by atoms with Gasteiger partial charge in [-0.2, -0.15) is 26.3 Å². The summed E-state index contributed by atoms with van der Waals surface area (Å²) in [6.45, 7) is 0.771. The normalized spacial score (nSPS) is 13.0. The summed E-state index contributed by atoms with van der Waals surface area (Å²) >= 11 is 0. The summed E-state index contributed by atoms with van der Waals surface area (Å²) in [5.74, 6) is 0. The highest BCUT2D eigenvalue weighted by atomic mass is 19.4. The van der Waals surface area contributed by atoms with Crippen molar-refractivity contribution in [2.24, 2.45) is 0 Å². The van der Waals surface area contributed by atoms with Crippen LogP contribution in [0.4, 0.5) is 26.3 Å². The van der Waals surface area contributed by atoms with Crippen LogP contribution < -0.4 is 0 Å². The van der Waals surface area contributed by atoms with Crippen molar-refractivity contribution in [3.05, 3.63) is 29.1 Å². The number of hydrogen-bond acceptors (Lipinski definition) is 1. The second-order valence-corrected chi connectivity index (χ2v) is 2.86. The first kappa shape index (κ1) is 11.8. The Morgan fingerprint density at radius 1 is 0.867 bits per heavy atom. The summed E-state index contributed by atoms with van der Waals surface area (Å²) in [7, 11) is 0. The van der Waals surface area contributed by atoms with Crippen molar-refractivity contribution < 1.29 is 26.3 Å². The van der Waals surface area contributed by atoms with Crippen LogP contribution in [0.15, 0.2) is 12.4 Å². The first-order valence-corrected chi connectivity index (χ1v) is 3.73. The fourth-order valence-electron chi connectivity index (χ4n) is 1.10. The molecule has 0 radical (unpaired) electrons. The average molecular weight is 229 g/mol. The monoisotopic (exact) mass is 229 g/mol. The van der Waals surface area contributed by atoms with Gasteiger partial charge in [0, 0.05) is 12.4 Å². The van der Waals surface area contributed by atoms with Crippen molar-refractivity contribution >= 4 is 0 Å². The van der Waals surface area contributed by atoms with Crippen molar-refractivity contribution in [3.63, 3.8) is 0 Å². The lowest BCUT2D eigenvalue weighted by atomic mass is 10.1. The zero-order valence-electron chi connectivity index (χ0n) is 7.37. The summed E-state index contributed by atoms with van der Waals surface area (Å²) in [5.41, 5.74) is -3.58. The molecule has 0 saturated carbocycles. The van der Waals surface area contributed by atoms with E-state index in [1.165, 1.54) is 0 Å². The minimum Gasteiger partial charge on any atom is -0.263 e. The van der Waals surface area contributed by atoms with Crippen LogP contribution in [0.5, 0.6) is 0 Å². The molecule has 0 unspecified atom stereocenters. The second-order valence-electron chi connectivity index (χ2n) is 2.86. The Hall–Kier alpha value is -1.27. The molecule has 84 valence electrons. The van der Waals surface area contributed by atoms with Gasteiger partial charge in [0.1, 0.15) is 0 Å². The maximum atomic E-state index is 12.2. The van der Waals surface area contributed by atoms with Gasteiger partial charge in [0.2, 0.25) is 0 Å². The van der Waals surface area contributed by atoms with Gasteiger partial charge in [0.25, 0.3) is 0 Å². The molecule has 0 atom stereocenters. The molecule has 0 aromatic carbocycles. The van der Waals surface area contributed by atoms with Crippen molar-refractivity contribution in [2.45, 2.75) is 19.3 Å². The van der Waals surface area contributed by atoms with E-state index in [9.17, 15) is 26.3 Å². The van der Waals surface area contributed by atoms with Crippen molar-refractivity contribution in [1.29, 1.82) is 0 Å². The zero-order chi connectivity index (χ0) is 11.9. The number of halogens is 6. The van der Waals surface area contributed by atoms with E-state index in [0.29, 0.717) is 12.4 Å². The molecule has 0 N–H and O–H groups in total. The number of hydrogen-bond donors (Lipinski definition) is 0. The van der Waals surface area contributed by atoms with Crippen LogP contribution in [0.3, 0.4) is 0 Å². The Bertz CT molecular complexity index is 332. The van der Waals surface area contributed by atoms with Crippen molar-refractivity contribution in [1.82, 2.24) is 4.98 Å². The Kier molecular flexibility index (Phi) is 2.67. The third-order valence-electron chi connectivity index (χ3n) is 1.83. The molecular formula is C8H5F6N. The molecule has 0 spiro atoms. The Morgan fingerprint density at radius 2 is 1.20 bits per heavy atom. The van der Waals surface area contributed by atoms with Gasteiger partial charge in [-0.1, -0.05) is 0 Å². The molecule has 0 aliphatic heterocycles. The number of alkyl halides is 6. The van der Waals surface area contributed by atoms with Crippen LogP contribution in [0.1, 0.15) is 16.7 Å². The predicted octanol–water partition coefficient (Wildman–Crippen LogP) is 3.43. The minimum absolute atomic E-state index is 0.380. The van der Waals surface area contributed by atoms with E-state index in [-0.39, 0.29) is 0 Å². The maximum absolute atomic E-state index is 12.2. The molecule has 1 aromatic heterocycles. The lowest BCUT2D eigenvalue weighted by Gasteiger charge is -2.14. The summed E-state index contributed by atoms with van der Waals surface area (Å²) < 4.78 is 73.3. The molecule has 1 nitrogen and oxygen atoms in total. The molecule has 0 saturated heterocycles. The van der Waals surface area contributed by atoms with E-state index in [2.05, 4.69) is 4.98 Å². The molecule has 0 aliphatic carbocycles. The summed E-state index contributed by atoms with van der Waals surface area (Å²) in [4.78, 5) is 2.94. The first-order valence-electron chi connectivity index (χ1n) is 3.73. The Labute approximate surface area is 80.7 Å². The number of pyridine rings is 1. The Morgan fingerprint density at radius 3 is 1.47 bits per heavy atom. The molecule has 0 aliphatic rings.